The van der Waals surface area contributed by atoms with Gasteiger partial charge in [-0.3, -0.25) is 9.63 Å². The van der Waals surface area contributed by atoms with Crippen molar-refractivity contribution in [2.45, 2.75) is 33.1 Å². The smallest absolute Gasteiger partial charge is 0.249 e. The average molecular weight is 183 g/mol. The first-order valence-electron chi connectivity index (χ1n) is 5.05. The maximum Gasteiger partial charge on any atom is 0.249 e. The molecule has 0 N–H and O–H groups in total. The normalized spacial score (nSPS) is 31.5. The number of hydrogen-bond donors (Lipinski definition) is 0. The van der Waals surface area contributed by atoms with E-state index in [4.69, 9.17) is 4.84 Å². The van der Waals surface area contributed by atoms with Crippen molar-refractivity contribution >= 4 is 5.91 Å². The highest BCUT2D eigenvalue weighted by molar-refractivity contribution is 5.81. The summed E-state index contributed by atoms with van der Waals surface area (Å²) >= 11 is 0. The predicted octanol–water partition coefficient (Wildman–Crippen LogP) is 1.59. The van der Waals surface area contributed by atoms with Gasteiger partial charge in [0.05, 0.1) is 6.61 Å². The topological polar surface area (TPSA) is 29.5 Å². The lowest BCUT2D eigenvalue weighted by molar-refractivity contribution is -0.199. The summed E-state index contributed by atoms with van der Waals surface area (Å²) in [4.78, 5) is 17.1. The van der Waals surface area contributed by atoms with Gasteiger partial charge in [-0.15, -0.1) is 0 Å². The summed E-state index contributed by atoms with van der Waals surface area (Å²) in [5, 5.41) is 1.57. The third-order valence-electron chi connectivity index (χ3n) is 3.06. The molecule has 1 aliphatic carbocycles. The molecule has 1 aliphatic heterocycles. The van der Waals surface area contributed by atoms with Crippen LogP contribution in [0.4, 0.5) is 0 Å². The first-order valence-corrected chi connectivity index (χ1v) is 5.05. The molecule has 0 aromatic heterocycles. The van der Waals surface area contributed by atoms with Crippen molar-refractivity contribution in [2.24, 2.45) is 11.3 Å². The van der Waals surface area contributed by atoms with Gasteiger partial charge in [-0.2, -0.15) is 0 Å². The number of rotatable bonds is 1. The van der Waals surface area contributed by atoms with E-state index >= 15 is 0 Å². The summed E-state index contributed by atoms with van der Waals surface area (Å²) in [6, 6.07) is 0. The molecule has 0 aromatic rings. The zero-order valence-corrected chi connectivity index (χ0v) is 8.38. The van der Waals surface area contributed by atoms with Crippen molar-refractivity contribution in [3.63, 3.8) is 0 Å². The largest absolute Gasteiger partial charge is 0.272 e. The number of hydroxylamine groups is 2. The van der Waals surface area contributed by atoms with Gasteiger partial charge in [-0.25, -0.2) is 5.06 Å². The van der Waals surface area contributed by atoms with Gasteiger partial charge in [-0.1, -0.05) is 13.8 Å². The van der Waals surface area contributed by atoms with E-state index in [1.165, 1.54) is 0 Å². The molecule has 1 atom stereocenters. The number of nitrogens with zero attached hydrogens (tertiary/aromatic N) is 1. The molecule has 0 aromatic carbocycles. The fraction of sp³-hybridized carbons (Fsp3) is 0.900. The molecule has 13 heavy (non-hydrogen) atoms. The Bertz CT molecular complexity index is 219. The zero-order valence-electron chi connectivity index (χ0n) is 8.38. The SMILES string of the molecule is CC1(C)C[C@@H]1C(=O)N1CCCCO1. The second-order valence-electron chi connectivity index (χ2n) is 4.73. The highest BCUT2D eigenvalue weighted by atomic mass is 16.7. The third-order valence-corrected chi connectivity index (χ3v) is 3.06. The Kier molecular flexibility index (Phi) is 2.06. The summed E-state index contributed by atoms with van der Waals surface area (Å²) in [5.41, 5.74) is 0.220. The molecular formula is C10H17NO2. The lowest BCUT2D eigenvalue weighted by Gasteiger charge is -2.26. The Hall–Kier alpha value is -0.570. The summed E-state index contributed by atoms with van der Waals surface area (Å²) in [6.45, 7) is 5.77. The van der Waals surface area contributed by atoms with Crippen molar-refractivity contribution < 1.29 is 9.63 Å². The molecule has 3 nitrogen and oxygen atoms in total. The Morgan fingerprint density at radius 3 is 2.62 bits per heavy atom. The minimum Gasteiger partial charge on any atom is -0.272 e. The summed E-state index contributed by atoms with van der Waals surface area (Å²) in [7, 11) is 0. The number of carbonyl (C=O) groups excluding carboxylic acids is 1. The molecule has 1 saturated heterocycles. The van der Waals surface area contributed by atoms with Gasteiger partial charge in [0, 0.05) is 12.5 Å². The van der Waals surface area contributed by atoms with Crippen LogP contribution in [0.25, 0.3) is 0 Å². The van der Waals surface area contributed by atoms with Crippen molar-refractivity contribution in [1.29, 1.82) is 0 Å². The maximum absolute atomic E-state index is 11.8. The fourth-order valence-electron chi connectivity index (χ4n) is 1.83. The van der Waals surface area contributed by atoms with Gasteiger partial charge < -0.3 is 0 Å². The Morgan fingerprint density at radius 1 is 1.46 bits per heavy atom. The first-order chi connectivity index (χ1) is 6.11. The quantitative estimate of drug-likeness (QED) is 0.617. The van der Waals surface area contributed by atoms with Gasteiger partial charge in [-0.05, 0) is 24.7 Å². The highest BCUT2D eigenvalue weighted by Crippen LogP contribution is 2.52. The van der Waals surface area contributed by atoms with Gasteiger partial charge in [0.25, 0.3) is 0 Å². The molecule has 1 saturated carbocycles. The zero-order chi connectivity index (χ0) is 9.47. The monoisotopic (exact) mass is 183 g/mol. The van der Waals surface area contributed by atoms with Crippen LogP contribution in [0, 0.1) is 11.3 Å². The number of carbonyl (C=O) groups is 1. The molecule has 2 aliphatic rings. The van der Waals surface area contributed by atoms with Gasteiger partial charge >= 0.3 is 0 Å². The van der Waals surface area contributed by atoms with E-state index in [0.29, 0.717) is 6.61 Å². The number of amides is 1. The van der Waals surface area contributed by atoms with Crippen molar-refractivity contribution in [2.75, 3.05) is 13.2 Å². The van der Waals surface area contributed by atoms with E-state index in [2.05, 4.69) is 13.8 Å². The second-order valence-corrected chi connectivity index (χ2v) is 4.73. The van der Waals surface area contributed by atoms with Crippen LogP contribution >= 0.6 is 0 Å². The van der Waals surface area contributed by atoms with Crippen LogP contribution in [0.15, 0.2) is 0 Å². The van der Waals surface area contributed by atoms with Crippen LogP contribution in [0.3, 0.4) is 0 Å². The van der Waals surface area contributed by atoms with Crippen LogP contribution in [0.1, 0.15) is 33.1 Å². The summed E-state index contributed by atoms with van der Waals surface area (Å²) in [6.07, 6.45) is 3.18. The number of hydrogen-bond acceptors (Lipinski definition) is 2. The van der Waals surface area contributed by atoms with E-state index in [1.54, 1.807) is 5.06 Å². The molecule has 0 unspecified atom stereocenters. The van der Waals surface area contributed by atoms with Crippen molar-refractivity contribution in [3.05, 3.63) is 0 Å². The summed E-state index contributed by atoms with van der Waals surface area (Å²) < 4.78 is 0. The predicted molar refractivity (Wildman–Crippen MR) is 48.8 cm³/mol. The molecular weight excluding hydrogens is 166 g/mol. The van der Waals surface area contributed by atoms with E-state index in [1.807, 2.05) is 0 Å². The molecule has 2 fully saturated rings. The molecule has 3 heteroatoms. The first kappa shape index (κ1) is 9.00. The van der Waals surface area contributed by atoms with Crippen molar-refractivity contribution in [3.8, 4) is 0 Å². The van der Waals surface area contributed by atoms with Crippen LogP contribution in [-0.4, -0.2) is 24.1 Å². The fourth-order valence-corrected chi connectivity index (χ4v) is 1.83. The lowest BCUT2D eigenvalue weighted by Crippen LogP contribution is -2.37. The Balaban J connectivity index is 1.90. The van der Waals surface area contributed by atoms with E-state index < -0.39 is 0 Å². The van der Waals surface area contributed by atoms with E-state index in [9.17, 15) is 4.79 Å². The van der Waals surface area contributed by atoms with E-state index in [-0.39, 0.29) is 17.2 Å². The molecule has 0 radical (unpaired) electrons. The Labute approximate surface area is 79.0 Å². The molecule has 1 heterocycles. The minimum atomic E-state index is 0.199. The highest BCUT2D eigenvalue weighted by Gasteiger charge is 2.52. The molecule has 0 bridgehead atoms. The molecule has 74 valence electrons. The standard InChI is InChI=1S/C10H17NO2/c1-10(2)7-8(10)9(12)11-5-3-4-6-13-11/h8H,3-7H2,1-2H3/t8-/m1/s1. The van der Waals surface area contributed by atoms with Crippen LogP contribution < -0.4 is 0 Å². The minimum absolute atomic E-state index is 0.199. The van der Waals surface area contributed by atoms with Gasteiger partial charge in [0.2, 0.25) is 5.91 Å². The molecule has 0 spiro atoms. The van der Waals surface area contributed by atoms with Gasteiger partial charge in [0.15, 0.2) is 0 Å². The third kappa shape index (κ3) is 1.70. The molecule has 2 rings (SSSR count). The Morgan fingerprint density at radius 2 is 2.15 bits per heavy atom. The van der Waals surface area contributed by atoms with E-state index in [0.717, 1.165) is 25.8 Å². The van der Waals surface area contributed by atoms with Crippen molar-refractivity contribution in [1.82, 2.24) is 5.06 Å². The summed E-state index contributed by atoms with van der Waals surface area (Å²) in [5.74, 6) is 0.412. The van der Waals surface area contributed by atoms with Gasteiger partial charge in [0.1, 0.15) is 0 Å². The van der Waals surface area contributed by atoms with Crippen LogP contribution in [0.2, 0.25) is 0 Å². The van der Waals surface area contributed by atoms with Crippen LogP contribution in [0.5, 0.6) is 0 Å². The average Bonchev–Trinajstić information content (AvgIpc) is 2.76. The maximum atomic E-state index is 11.8. The lowest BCUT2D eigenvalue weighted by atomic mass is 10.1. The van der Waals surface area contributed by atoms with Crippen LogP contribution in [-0.2, 0) is 9.63 Å². The molecule has 1 amide bonds. The second kappa shape index (κ2) is 2.98.